The normalized spacial score (nSPS) is 16.4. The lowest BCUT2D eigenvalue weighted by Crippen LogP contribution is -2.45. The third-order valence-electron chi connectivity index (χ3n) is 6.13. The van der Waals surface area contributed by atoms with Crippen LogP contribution in [0.25, 0.3) is 22.4 Å². The average Bonchev–Trinajstić information content (AvgIpc) is 3.31. The SMILES string of the molecule is O=S(O)NC1(c2ccc(F)c(Nc3ncccc3-c3ncnc4nc[nH]c34)c2F)CCCCC1. The van der Waals surface area contributed by atoms with Crippen LogP contribution in [-0.2, 0) is 16.8 Å². The number of hydrogen-bond acceptors (Lipinski definition) is 6. The Kier molecular flexibility index (Phi) is 6.02. The van der Waals surface area contributed by atoms with E-state index < -0.39 is 34.1 Å². The minimum atomic E-state index is -2.37. The smallest absolute Gasteiger partial charge is 0.232 e. The van der Waals surface area contributed by atoms with Gasteiger partial charge in [0.1, 0.15) is 34.9 Å². The number of nitrogens with zero attached hydrogens (tertiary/aromatic N) is 4. The summed E-state index contributed by atoms with van der Waals surface area (Å²) in [6, 6.07) is 5.89. The zero-order valence-corrected chi connectivity index (χ0v) is 18.7. The van der Waals surface area contributed by atoms with Gasteiger partial charge in [-0.3, -0.25) is 4.55 Å². The molecule has 0 amide bonds. The molecule has 1 fully saturated rings. The summed E-state index contributed by atoms with van der Waals surface area (Å²) in [7, 11) is 0. The van der Waals surface area contributed by atoms with Crippen molar-refractivity contribution in [2.75, 3.05) is 5.32 Å². The van der Waals surface area contributed by atoms with Gasteiger partial charge >= 0.3 is 0 Å². The first-order valence-electron chi connectivity index (χ1n) is 10.7. The molecule has 1 atom stereocenters. The maximum Gasteiger partial charge on any atom is 0.232 e. The summed E-state index contributed by atoms with van der Waals surface area (Å²) in [6.45, 7) is 0. The molecule has 1 unspecified atom stereocenters. The summed E-state index contributed by atoms with van der Waals surface area (Å²) in [5, 5.41) is 2.79. The second kappa shape index (κ2) is 9.12. The van der Waals surface area contributed by atoms with Crippen LogP contribution in [0.1, 0.15) is 37.7 Å². The molecule has 1 aromatic carbocycles. The summed E-state index contributed by atoms with van der Waals surface area (Å²) >= 11 is -2.37. The highest BCUT2D eigenvalue weighted by Gasteiger charge is 2.38. The Morgan fingerprint density at radius 1 is 1.06 bits per heavy atom. The van der Waals surface area contributed by atoms with E-state index in [4.69, 9.17) is 0 Å². The first-order valence-corrected chi connectivity index (χ1v) is 11.8. The molecule has 5 rings (SSSR count). The minimum Gasteiger partial charge on any atom is -0.341 e. The Labute approximate surface area is 195 Å². The van der Waals surface area contributed by atoms with Crippen molar-refractivity contribution in [3.63, 3.8) is 0 Å². The number of halogens is 2. The van der Waals surface area contributed by atoms with Crippen LogP contribution in [0.4, 0.5) is 20.3 Å². The molecule has 1 aliphatic rings. The lowest BCUT2D eigenvalue weighted by atomic mass is 9.77. The number of aromatic nitrogens is 5. The molecule has 176 valence electrons. The molecular formula is C22H21F2N7O2S. The zero-order valence-electron chi connectivity index (χ0n) is 17.9. The molecule has 0 bridgehead atoms. The van der Waals surface area contributed by atoms with Gasteiger partial charge in [-0.25, -0.2) is 37.6 Å². The highest BCUT2D eigenvalue weighted by Crippen LogP contribution is 2.41. The van der Waals surface area contributed by atoms with Crippen molar-refractivity contribution in [1.82, 2.24) is 29.6 Å². The summed E-state index contributed by atoms with van der Waals surface area (Å²) in [5.74, 6) is -1.47. The molecular weight excluding hydrogens is 464 g/mol. The molecule has 0 saturated heterocycles. The monoisotopic (exact) mass is 485 g/mol. The van der Waals surface area contributed by atoms with Gasteiger partial charge in [0.15, 0.2) is 11.5 Å². The molecule has 12 heteroatoms. The van der Waals surface area contributed by atoms with E-state index in [0.29, 0.717) is 35.3 Å². The number of hydrogen-bond donors (Lipinski definition) is 4. The fraction of sp³-hybridized carbons (Fsp3) is 0.273. The van der Waals surface area contributed by atoms with E-state index in [2.05, 4.69) is 35.0 Å². The largest absolute Gasteiger partial charge is 0.341 e. The summed E-state index contributed by atoms with van der Waals surface area (Å²) in [5.41, 5.74) is 0.622. The average molecular weight is 486 g/mol. The fourth-order valence-corrected chi connectivity index (χ4v) is 5.22. The van der Waals surface area contributed by atoms with Gasteiger partial charge in [0.25, 0.3) is 0 Å². The van der Waals surface area contributed by atoms with Crippen molar-refractivity contribution in [2.45, 2.75) is 37.6 Å². The van der Waals surface area contributed by atoms with Crippen LogP contribution in [0.5, 0.6) is 0 Å². The van der Waals surface area contributed by atoms with E-state index in [9.17, 15) is 13.2 Å². The predicted molar refractivity (Wildman–Crippen MR) is 123 cm³/mol. The highest BCUT2D eigenvalue weighted by atomic mass is 32.2. The second-order valence-electron chi connectivity index (χ2n) is 8.13. The molecule has 1 aliphatic carbocycles. The molecule has 1 saturated carbocycles. The van der Waals surface area contributed by atoms with Gasteiger partial charge in [-0.05, 0) is 31.0 Å². The Morgan fingerprint density at radius 2 is 1.88 bits per heavy atom. The Morgan fingerprint density at radius 3 is 2.68 bits per heavy atom. The number of H-pyrrole nitrogens is 1. The Hall–Kier alpha value is -3.35. The van der Waals surface area contributed by atoms with Crippen molar-refractivity contribution in [3.8, 4) is 11.3 Å². The molecule has 3 heterocycles. The fourth-order valence-electron chi connectivity index (χ4n) is 4.57. The second-order valence-corrected chi connectivity index (χ2v) is 8.83. The number of pyridine rings is 1. The molecule has 4 aromatic rings. The minimum absolute atomic E-state index is 0.133. The number of benzene rings is 1. The zero-order chi connectivity index (χ0) is 23.7. The van der Waals surface area contributed by atoms with Gasteiger partial charge in [-0.15, -0.1) is 0 Å². The lowest BCUT2D eigenvalue weighted by Gasteiger charge is -2.37. The van der Waals surface area contributed by atoms with E-state index in [1.165, 1.54) is 24.9 Å². The molecule has 3 aromatic heterocycles. The predicted octanol–water partition coefficient (Wildman–Crippen LogP) is 4.32. The number of fused-ring (bicyclic) bond motifs is 1. The van der Waals surface area contributed by atoms with E-state index >= 15 is 4.39 Å². The van der Waals surface area contributed by atoms with Gasteiger partial charge in [0, 0.05) is 17.3 Å². The van der Waals surface area contributed by atoms with Gasteiger partial charge in [-0.2, -0.15) is 0 Å². The first-order chi connectivity index (χ1) is 16.5. The number of anilines is 2. The number of rotatable bonds is 6. The van der Waals surface area contributed by atoms with Crippen molar-refractivity contribution < 1.29 is 17.5 Å². The van der Waals surface area contributed by atoms with E-state index in [0.717, 1.165) is 25.3 Å². The van der Waals surface area contributed by atoms with Crippen molar-refractivity contribution >= 4 is 33.9 Å². The molecule has 0 aliphatic heterocycles. The van der Waals surface area contributed by atoms with E-state index in [1.807, 2.05) is 0 Å². The highest BCUT2D eigenvalue weighted by molar-refractivity contribution is 7.77. The summed E-state index contributed by atoms with van der Waals surface area (Å²) in [4.78, 5) is 19.8. The standard InChI is InChI=1S/C22H21F2N7O2S/c23-15-7-6-14(22(31-34(32)33)8-2-1-3-9-22)16(24)18(15)30-20-13(5-4-10-25-20)17-19-21(28-11-26-17)29-12-27-19/h4-7,10-12,31H,1-3,8-9H2,(H,25,30)(H,32,33)(H,26,27,28,29). The van der Waals surface area contributed by atoms with Crippen LogP contribution in [-0.4, -0.2) is 33.7 Å². The van der Waals surface area contributed by atoms with Crippen LogP contribution in [0, 0.1) is 11.6 Å². The van der Waals surface area contributed by atoms with E-state index in [-0.39, 0.29) is 11.4 Å². The quantitative estimate of drug-likeness (QED) is 0.299. The van der Waals surface area contributed by atoms with E-state index in [1.54, 1.807) is 12.1 Å². The Bertz CT molecular complexity index is 1370. The first kappa shape index (κ1) is 22.4. The maximum atomic E-state index is 15.8. The number of nitrogens with one attached hydrogen (secondary N) is 3. The molecule has 9 nitrogen and oxygen atoms in total. The van der Waals surface area contributed by atoms with Gasteiger partial charge in [-0.1, -0.05) is 25.3 Å². The van der Waals surface area contributed by atoms with Crippen LogP contribution < -0.4 is 10.0 Å². The number of aromatic amines is 1. The lowest BCUT2D eigenvalue weighted by molar-refractivity contribution is 0.263. The summed E-state index contributed by atoms with van der Waals surface area (Å²) in [6.07, 6.45) is 7.68. The molecule has 4 N–H and O–H groups in total. The van der Waals surface area contributed by atoms with Crippen molar-refractivity contribution in [3.05, 3.63) is 60.3 Å². The van der Waals surface area contributed by atoms with Crippen molar-refractivity contribution in [1.29, 1.82) is 0 Å². The van der Waals surface area contributed by atoms with Crippen LogP contribution in [0.15, 0.2) is 43.1 Å². The van der Waals surface area contributed by atoms with Crippen LogP contribution in [0.2, 0.25) is 0 Å². The maximum absolute atomic E-state index is 15.8. The number of imidazole rings is 1. The third kappa shape index (κ3) is 4.04. The van der Waals surface area contributed by atoms with Gasteiger partial charge < -0.3 is 10.3 Å². The molecule has 34 heavy (non-hydrogen) atoms. The van der Waals surface area contributed by atoms with Crippen LogP contribution >= 0.6 is 0 Å². The Balaban J connectivity index is 1.60. The van der Waals surface area contributed by atoms with Crippen LogP contribution in [0.3, 0.4) is 0 Å². The van der Waals surface area contributed by atoms with Crippen molar-refractivity contribution in [2.24, 2.45) is 0 Å². The third-order valence-corrected chi connectivity index (χ3v) is 6.69. The topological polar surface area (TPSA) is 129 Å². The van der Waals surface area contributed by atoms with Gasteiger partial charge in [0.05, 0.1) is 11.9 Å². The van der Waals surface area contributed by atoms with Gasteiger partial charge in [0.2, 0.25) is 11.3 Å². The summed E-state index contributed by atoms with van der Waals surface area (Å²) < 4.78 is 54.5. The molecule has 0 radical (unpaired) electrons. The molecule has 0 spiro atoms.